The SMILES string of the molecule is CC(N)(c1c[c]ccc1)C(CCC1CCCCC1)c1ccccc1. The van der Waals surface area contributed by atoms with Crippen LogP contribution >= 0.6 is 0 Å². The summed E-state index contributed by atoms with van der Waals surface area (Å²) in [5.41, 5.74) is 9.09. The summed E-state index contributed by atoms with van der Waals surface area (Å²) in [7, 11) is 0. The van der Waals surface area contributed by atoms with Gasteiger partial charge < -0.3 is 5.73 Å². The van der Waals surface area contributed by atoms with E-state index in [-0.39, 0.29) is 5.54 Å². The summed E-state index contributed by atoms with van der Waals surface area (Å²) in [6.45, 7) is 2.19. The zero-order chi connectivity index (χ0) is 16.8. The van der Waals surface area contributed by atoms with E-state index in [2.05, 4.69) is 55.5 Å². The highest BCUT2D eigenvalue weighted by Crippen LogP contribution is 2.40. The van der Waals surface area contributed by atoms with Crippen LogP contribution in [0.25, 0.3) is 0 Å². The molecule has 2 unspecified atom stereocenters. The van der Waals surface area contributed by atoms with E-state index >= 15 is 0 Å². The van der Waals surface area contributed by atoms with Crippen LogP contribution < -0.4 is 5.73 Å². The lowest BCUT2D eigenvalue weighted by Gasteiger charge is -2.36. The van der Waals surface area contributed by atoms with Gasteiger partial charge in [0, 0.05) is 11.5 Å². The van der Waals surface area contributed by atoms with Gasteiger partial charge in [-0.05, 0) is 48.9 Å². The zero-order valence-electron chi connectivity index (χ0n) is 14.9. The topological polar surface area (TPSA) is 26.0 Å². The molecule has 2 aromatic rings. The lowest BCUT2D eigenvalue weighted by Crippen LogP contribution is -2.40. The number of nitrogens with two attached hydrogens (primary N) is 1. The Morgan fingerprint density at radius 1 is 1.08 bits per heavy atom. The zero-order valence-corrected chi connectivity index (χ0v) is 14.9. The van der Waals surface area contributed by atoms with Crippen molar-refractivity contribution in [1.82, 2.24) is 0 Å². The molecule has 24 heavy (non-hydrogen) atoms. The van der Waals surface area contributed by atoms with Crippen molar-refractivity contribution in [2.45, 2.75) is 63.3 Å². The minimum Gasteiger partial charge on any atom is -0.321 e. The summed E-state index contributed by atoms with van der Waals surface area (Å²) in [6.07, 6.45) is 9.51. The first-order valence-corrected chi connectivity index (χ1v) is 9.48. The summed E-state index contributed by atoms with van der Waals surface area (Å²) < 4.78 is 0. The Morgan fingerprint density at radius 2 is 1.83 bits per heavy atom. The average molecular weight is 320 g/mol. The molecule has 0 aliphatic heterocycles. The molecular formula is C23H30N. The minimum atomic E-state index is -0.367. The fourth-order valence-electron chi connectivity index (χ4n) is 4.31. The van der Waals surface area contributed by atoms with Crippen LogP contribution in [0.5, 0.6) is 0 Å². The second-order valence-corrected chi connectivity index (χ2v) is 7.62. The van der Waals surface area contributed by atoms with Gasteiger partial charge >= 0.3 is 0 Å². The highest BCUT2D eigenvalue weighted by molar-refractivity contribution is 5.31. The van der Waals surface area contributed by atoms with Gasteiger partial charge in [-0.2, -0.15) is 0 Å². The smallest absolute Gasteiger partial charge is 0.0450 e. The molecule has 0 saturated heterocycles. The molecule has 1 fully saturated rings. The van der Waals surface area contributed by atoms with Crippen molar-refractivity contribution >= 4 is 0 Å². The summed E-state index contributed by atoms with van der Waals surface area (Å²) in [6, 6.07) is 22.2. The lowest BCUT2D eigenvalue weighted by molar-refractivity contribution is 0.290. The number of hydrogen-bond donors (Lipinski definition) is 1. The number of benzene rings is 2. The maximum Gasteiger partial charge on any atom is 0.0450 e. The van der Waals surface area contributed by atoms with Gasteiger partial charge in [-0.3, -0.25) is 0 Å². The van der Waals surface area contributed by atoms with E-state index < -0.39 is 0 Å². The molecule has 1 aliphatic rings. The van der Waals surface area contributed by atoms with Crippen LogP contribution in [0.2, 0.25) is 0 Å². The van der Waals surface area contributed by atoms with Gasteiger partial charge in [0.25, 0.3) is 0 Å². The van der Waals surface area contributed by atoms with Crippen LogP contribution in [0, 0.1) is 12.0 Å². The summed E-state index contributed by atoms with van der Waals surface area (Å²) in [5, 5.41) is 0. The predicted octanol–water partition coefficient (Wildman–Crippen LogP) is 5.80. The third-order valence-electron chi connectivity index (χ3n) is 5.84. The van der Waals surface area contributed by atoms with Gasteiger partial charge in [0.15, 0.2) is 0 Å². The minimum absolute atomic E-state index is 0.344. The van der Waals surface area contributed by atoms with Crippen molar-refractivity contribution in [1.29, 1.82) is 0 Å². The Bertz CT molecular complexity index is 596. The number of hydrogen-bond acceptors (Lipinski definition) is 1. The first-order valence-electron chi connectivity index (χ1n) is 9.48. The maximum absolute atomic E-state index is 6.91. The fraction of sp³-hybridized carbons (Fsp3) is 0.478. The summed E-state index contributed by atoms with van der Waals surface area (Å²) in [5.74, 6) is 1.24. The van der Waals surface area contributed by atoms with Gasteiger partial charge in [-0.25, -0.2) is 0 Å². The van der Waals surface area contributed by atoms with Crippen molar-refractivity contribution < 1.29 is 0 Å². The summed E-state index contributed by atoms with van der Waals surface area (Å²) >= 11 is 0. The van der Waals surface area contributed by atoms with Gasteiger partial charge in [-0.1, -0.05) is 80.6 Å². The second-order valence-electron chi connectivity index (χ2n) is 7.62. The first-order chi connectivity index (χ1) is 11.7. The standard InChI is InChI=1S/C23H30N/c1-23(24,21-15-9-4-10-16-21)22(20-13-7-3-8-14-20)18-17-19-11-5-2-6-12-19/h3-4,7-9,13-16,19,22H,2,5-6,11-12,17-18,24H2,1H3. The largest absolute Gasteiger partial charge is 0.321 e. The molecule has 2 N–H and O–H groups in total. The molecule has 1 radical (unpaired) electrons. The van der Waals surface area contributed by atoms with Gasteiger partial charge in [0.2, 0.25) is 0 Å². The van der Waals surface area contributed by atoms with Crippen LogP contribution in [0.4, 0.5) is 0 Å². The van der Waals surface area contributed by atoms with E-state index in [0.29, 0.717) is 5.92 Å². The third-order valence-corrected chi connectivity index (χ3v) is 5.84. The van der Waals surface area contributed by atoms with Crippen LogP contribution in [0.3, 0.4) is 0 Å². The normalized spacial score (nSPS) is 19.6. The molecule has 1 saturated carbocycles. The molecule has 127 valence electrons. The Balaban J connectivity index is 1.82. The number of rotatable bonds is 6. The quantitative estimate of drug-likeness (QED) is 0.714. The molecule has 0 bridgehead atoms. The third kappa shape index (κ3) is 4.08. The van der Waals surface area contributed by atoms with Gasteiger partial charge in [0.1, 0.15) is 0 Å². The van der Waals surface area contributed by atoms with E-state index in [4.69, 9.17) is 5.73 Å². The van der Waals surface area contributed by atoms with Gasteiger partial charge in [0.05, 0.1) is 0 Å². The molecule has 0 heterocycles. The van der Waals surface area contributed by atoms with E-state index in [0.717, 1.165) is 12.3 Å². The Kier molecular flexibility index (Phi) is 5.73. The monoisotopic (exact) mass is 320 g/mol. The van der Waals surface area contributed by atoms with Crippen LogP contribution in [0.15, 0.2) is 54.6 Å². The molecule has 1 nitrogen and oxygen atoms in total. The Hall–Kier alpha value is -1.60. The molecule has 0 aromatic heterocycles. The maximum atomic E-state index is 6.91. The van der Waals surface area contributed by atoms with Crippen molar-refractivity contribution in [2.24, 2.45) is 11.7 Å². The summed E-state index contributed by atoms with van der Waals surface area (Å²) in [4.78, 5) is 0. The molecular weight excluding hydrogens is 290 g/mol. The average Bonchev–Trinajstić information content (AvgIpc) is 2.64. The molecule has 3 rings (SSSR count). The highest BCUT2D eigenvalue weighted by atomic mass is 14.7. The van der Waals surface area contributed by atoms with Crippen molar-refractivity contribution in [3.8, 4) is 0 Å². The molecule has 1 heteroatoms. The molecule has 2 aromatic carbocycles. The van der Waals surface area contributed by atoms with Crippen molar-refractivity contribution in [2.75, 3.05) is 0 Å². The van der Waals surface area contributed by atoms with E-state index in [9.17, 15) is 0 Å². The highest BCUT2D eigenvalue weighted by Gasteiger charge is 2.33. The molecule has 1 aliphatic carbocycles. The molecule has 0 amide bonds. The molecule has 0 spiro atoms. The first kappa shape index (κ1) is 17.2. The fourth-order valence-corrected chi connectivity index (χ4v) is 4.31. The van der Waals surface area contributed by atoms with Crippen LogP contribution in [-0.2, 0) is 5.54 Å². The van der Waals surface area contributed by atoms with Crippen molar-refractivity contribution in [3.05, 3.63) is 71.8 Å². The lowest BCUT2D eigenvalue weighted by atomic mass is 9.72. The van der Waals surface area contributed by atoms with E-state index in [1.165, 1.54) is 49.7 Å². The second kappa shape index (κ2) is 7.98. The molecule has 2 atom stereocenters. The Labute approximate surface area is 147 Å². The Morgan fingerprint density at radius 3 is 2.50 bits per heavy atom. The van der Waals surface area contributed by atoms with Crippen LogP contribution in [-0.4, -0.2) is 0 Å². The predicted molar refractivity (Wildman–Crippen MR) is 102 cm³/mol. The van der Waals surface area contributed by atoms with Crippen molar-refractivity contribution in [3.63, 3.8) is 0 Å². The van der Waals surface area contributed by atoms with E-state index in [1.807, 2.05) is 12.1 Å². The van der Waals surface area contributed by atoms with Gasteiger partial charge in [-0.15, -0.1) is 0 Å². The van der Waals surface area contributed by atoms with E-state index in [1.54, 1.807) is 0 Å². The van der Waals surface area contributed by atoms with Crippen LogP contribution in [0.1, 0.15) is 68.9 Å².